The van der Waals surface area contributed by atoms with E-state index in [0.29, 0.717) is 24.4 Å². The van der Waals surface area contributed by atoms with E-state index in [0.717, 1.165) is 11.1 Å². The molecule has 0 aliphatic heterocycles. The number of carbonyl (C=O) groups is 2. The van der Waals surface area contributed by atoms with E-state index in [1.54, 1.807) is 18.4 Å². The molecule has 1 aromatic carbocycles. The van der Waals surface area contributed by atoms with Gasteiger partial charge >= 0.3 is 5.97 Å². The molecule has 2 heterocycles. The third-order valence-corrected chi connectivity index (χ3v) is 4.70. The second-order valence-electron chi connectivity index (χ2n) is 6.32. The lowest BCUT2D eigenvalue weighted by Gasteiger charge is -2.09. The predicted octanol–water partition coefficient (Wildman–Crippen LogP) is 3.92. The van der Waals surface area contributed by atoms with Crippen LogP contribution in [0.25, 0.3) is 11.5 Å². The molecule has 28 heavy (non-hydrogen) atoms. The summed E-state index contributed by atoms with van der Waals surface area (Å²) in [6.45, 7) is 4.08. The van der Waals surface area contributed by atoms with Crippen LogP contribution in [0.1, 0.15) is 47.7 Å². The molecular weight excluding hydrogens is 378 g/mol. The number of ether oxygens (including phenoxy) is 1. The molecule has 3 aromatic rings. The Morgan fingerprint density at radius 1 is 1.21 bits per heavy atom. The van der Waals surface area contributed by atoms with Gasteiger partial charge in [0.1, 0.15) is 0 Å². The summed E-state index contributed by atoms with van der Waals surface area (Å²) in [5.74, 6) is 0.105. The topological polar surface area (TPSA) is 94.3 Å². The molecule has 0 aliphatic carbocycles. The molecule has 0 spiro atoms. The van der Waals surface area contributed by atoms with E-state index in [1.165, 1.54) is 11.3 Å². The summed E-state index contributed by atoms with van der Waals surface area (Å²) in [6, 6.07) is 9.46. The maximum absolute atomic E-state index is 12.0. The number of nitrogens with one attached hydrogen (secondary N) is 1. The van der Waals surface area contributed by atoms with Crippen LogP contribution in [0.3, 0.4) is 0 Å². The Balaban J connectivity index is 1.43. The van der Waals surface area contributed by atoms with Crippen molar-refractivity contribution in [2.45, 2.75) is 32.8 Å². The number of esters is 1. The number of rotatable bonds is 8. The van der Waals surface area contributed by atoms with Crippen molar-refractivity contribution < 1.29 is 18.7 Å². The summed E-state index contributed by atoms with van der Waals surface area (Å²) in [4.78, 5) is 23.8. The summed E-state index contributed by atoms with van der Waals surface area (Å²) >= 11 is 1.46. The summed E-state index contributed by atoms with van der Waals surface area (Å²) in [5.41, 5.74) is 2.57. The van der Waals surface area contributed by atoms with Gasteiger partial charge in [-0.2, -0.15) is 11.3 Å². The van der Waals surface area contributed by atoms with E-state index < -0.39 is 6.10 Å². The van der Waals surface area contributed by atoms with Gasteiger partial charge in [0.2, 0.25) is 5.89 Å². The summed E-state index contributed by atoms with van der Waals surface area (Å²) < 4.78 is 11.0. The Morgan fingerprint density at radius 2 is 2.00 bits per heavy atom. The molecule has 0 saturated heterocycles. The highest BCUT2D eigenvalue weighted by Gasteiger charge is 2.19. The van der Waals surface area contributed by atoms with Gasteiger partial charge in [0.15, 0.2) is 6.10 Å². The smallest absolute Gasteiger partial charge is 0.306 e. The van der Waals surface area contributed by atoms with Crippen molar-refractivity contribution in [3.05, 3.63) is 58.1 Å². The van der Waals surface area contributed by atoms with E-state index >= 15 is 0 Å². The quantitative estimate of drug-likeness (QED) is 0.456. The van der Waals surface area contributed by atoms with Crippen molar-refractivity contribution in [2.24, 2.45) is 0 Å². The number of aryl methyl sites for hydroxylation is 1. The Kier molecular flexibility index (Phi) is 6.54. The van der Waals surface area contributed by atoms with Crippen LogP contribution in [0.4, 0.5) is 0 Å². The van der Waals surface area contributed by atoms with Crippen LogP contribution >= 0.6 is 11.3 Å². The molecule has 1 unspecified atom stereocenters. The molecular formula is C20H21N3O4S. The van der Waals surface area contributed by atoms with Gasteiger partial charge in [-0.05, 0) is 43.8 Å². The molecule has 1 amide bonds. The zero-order valence-corrected chi connectivity index (χ0v) is 16.5. The molecule has 2 aromatic heterocycles. The van der Waals surface area contributed by atoms with E-state index in [1.807, 2.05) is 36.6 Å². The Hall–Kier alpha value is -3.00. The van der Waals surface area contributed by atoms with Crippen LogP contribution in [0.2, 0.25) is 0 Å². The number of hydrogen-bond donors (Lipinski definition) is 1. The molecule has 7 nitrogen and oxygen atoms in total. The molecule has 0 radical (unpaired) electrons. The first-order valence-electron chi connectivity index (χ1n) is 8.93. The predicted molar refractivity (Wildman–Crippen MR) is 105 cm³/mol. The molecule has 0 bridgehead atoms. The number of amides is 1. The van der Waals surface area contributed by atoms with Gasteiger partial charge in [-0.3, -0.25) is 9.59 Å². The fourth-order valence-corrected chi connectivity index (χ4v) is 3.08. The van der Waals surface area contributed by atoms with Crippen LogP contribution in [0.5, 0.6) is 0 Å². The first-order chi connectivity index (χ1) is 13.5. The monoisotopic (exact) mass is 399 g/mol. The number of hydrogen-bond acceptors (Lipinski definition) is 7. The number of aromatic nitrogens is 2. The van der Waals surface area contributed by atoms with Crippen LogP contribution < -0.4 is 5.32 Å². The maximum atomic E-state index is 12.0. The fourth-order valence-electron chi connectivity index (χ4n) is 2.45. The Morgan fingerprint density at radius 3 is 2.71 bits per heavy atom. The van der Waals surface area contributed by atoms with Crippen LogP contribution in [-0.2, 0) is 9.53 Å². The molecule has 1 atom stereocenters. The highest BCUT2D eigenvalue weighted by Crippen LogP contribution is 2.23. The first kappa shape index (κ1) is 19.8. The highest BCUT2D eigenvalue weighted by atomic mass is 32.1. The van der Waals surface area contributed by atoms with Crippen LogP contribution in [0.15, 0.2) is 45.5 Å². The zero-order chi connectivity index (χ0) is 19.9. The van der Waals surface area contributed by atoms with Gasteiger partial charge in [0, 0.05) is 29.5 Å². The van der Waals surface area contributed by atoms with E-state index in [-0.39, 0.29) is 24.2 Å². The van der Waals surface area contributed by atoms with Gasteiger partial charge in [0.05, 0.1) is 0 Å². The minimum Gasteiger partial charge on any atom is -0.453 e. The zero-order valence-electron chi connectivity index (χ0n) is 15.7. The summed E-state index contributed by atoms with van der Waals surface area (Å²) in [6.07, 6.45) is 0.0344. The van der Waals surface area contributed by atoms with Gasteiger partial charge in [0.25, 0.3) is 11.8 Å². The van der Waals surface area contributed by atoms with E-state index in [2.05, 4.69) is 15.5 Å². The van der Waals surface area contributed by atoms with Gasteiger partial charge in [-0.15, -0.1) is 10.2 Å². The highest BCUT2D eigenvalue weighted by molar-refractivity contribution is 7.08. The first-order valence-corrected chi connectivity index (χ1v) is 9.87. The third-order valence-electron chi connectivity index (χ3n) is 4.02. The van der Waals surface area contributed by atoms with Crippen LogP contribution in [0, 0.1) is 6.92 Å². The average Bonchev–Trinajstić information content (AvgIpc) is 3.37. The standard InChI is InChI=1S/C20H21N3O4S/c1-13-5-7-15(8-6-13)20-23-22-19(27-20)14(2)26-17(24)4-3-10-21-18(25)16-9-11-28-12-16/h5-9,11-12,14H,3-4,10H2,1-2H3,(H,21,25). The summed E-state index contributed by atoms with van der Waals surface area (Å²) in [5, 5.41) is 14.4. The van der Waals surface area contributed by atoms with Crippen molar-refractivity contribution >= 4 is 23.2 Å². The molecule has 146 valence electrons. The average molecular weight is 399 g/mol. The van der Waals surface area contributed by atoms with E-state index in [9.17, 15) is 9.59 Å². The van der Waals surface area contributed by atoms with Crippen molar-refractivity contribution in [1.82, 2.24) is 15.5 Å². The number of carbonyl (C=O) groups excluding carboxylic acids is 2. The van der Waals surface area contributed by atoms with Crippen molar-refractivity contribution in [3.63, 3.8) is 0 Å². The number of thiophene rings is 1. The van der Waals surface area contributed by atoms with Crippen molar-refractivity contribution in [3.8, 4) is 11.5 Å². The minimum absolute atomic E-state index is 0.141. The third kappa shape index (κ3) is 5.26. The molecule has 0 saturated carbocycles. The van der Waals surface area contributed by atoms with Gasteiger partial charge in [-0.1, -0.05) is 17.7 Å². The second-order valence-corrected chi connectivity index (χ2v) is 7.10. The van der Waals surface area contributed by atoms with Crippen molar-refractivity contribution in [1.29, 1.82) is 0 Å². The lowest BCUT2D eigenvalue weighted by Crippen LogP contribution is -2.24. The molecule has 1 N–H and O–H groups in total. The fraction of sp³-hybridized carbons (Fsp3) is 0.300. The minimum atomic E-state index is -0.639. The number of benzene rings is 1. The number of nitrogens with zero attached hydrogens (tertiary/aromatic N) is 2. The molecule has 0 fully saturated rings. The SMILES string of the molecule is Cc1ccc(-c2nnc(C(C)OC(=O)CCCNC(=O)c3ccsc3)o2)cc1. The maximum Gasteiger partial charge on any atom is 0.306 e. The van der Waals surface area contributed by atoms with Gasteiger partial charge in [-0.25, -0.2) is 0 Å². The largest absolute Gasteiger partial charge is 0.453 e. The normalized spacial score (nSPS) is 11.8. The Bertz CT molecular complexity index is 919. The molecule has 8 heteroatoms. The van der Waals surface area contributed by atoms with Crippen molar-refractivity contribution in [2.75, 3.05) is 6.54 Å². The Labute approximate surface area is 166 Å². The lowest BCUT2D eigenvalue weighted by atomic mass is 10.1. The van der Waals surface area contributed by atoms with Crippen LogP contribution in [-0.4, -0.2) is 28.6 Å². The lowest BCUT2D eigenvalue weighted by molar-refractivity contribution is -0.149. The molecule has 3 rings (SSSR count). The second kappa shape index (κ2) is 9.27. The summed E-state index contributed by atoms with van der Waals surface area (Å²) in [7, 11) is 0. The van der Waals surface area contributed by atoms with Gasteiger partial charge < -0.3 is 14.5 Å². The van der Waals surface area contributed by atoms with E-state index in [4.69, 9.17) is 9.15 Å². The molecule has 0 aliphatic rings.